The largest absolute Gasteiger partial charge is 0.480 e. The van der Waals surface area contributed by atoms with Crippen molar-refractivity contribution in [3.8, 4) is 0 Å². The molecule has 3 unspecified atom stereocenters. The van der Waals surface area contributed by atoms with Gasteiger partial charge in [0.15, 0.2) is 0 Å². The Labute approximate surface area is 129 Å². The highest BCUT2D eigenvalue weighted by Gasteiger charge is 2.43. The molecule has 1 saturated heterocycles. The topological polar surface area (TPSA) is 52.6 Å². The van der Waals surface area contributed by atoms with Crippen LogP contribution in [-0.2, 0) is 4.79 Å². The van der Waals surface area contributed by atoms with Gasteiger partial charge in [-0.2, -0.15) is 0 Å². The van der Waals surface area contributed by atoms with Gasteiger partial charge in [0.2, 0.25) is 0 Å². The molecule has 4 heteroatoms. The van der Waals surface area contributed by atoms with Gasteiger partial charge in [0, 0.05) is 6.04 Å². The molecule has 0 amide bonds. The third-order valence-electron chi connectivity index (χ3n) is 5.63. The molecule has 21 heavy (non-hydrogen) atoms. The molecule has 2 fully saturated rings. The summed E-state index contributed by atoms with van der Waals surface area (Å²) >= 11 is 0. The highest BCUT2D eigenvalue weighted by atomic mass is 16.4. The molecule has 2 aliphatic rings. The molecule has 1 saturated carbocycles. The summed E-state index contributed by atoms with van der Waals surface area (Å²) in [4.78, 5) is 14.4. The normalized spacial score (nSPS) is 35.3. The molecule has 0 bridgehead atoms. The third kappa shape index (κ3) is 3.98. The summed E-state index contributed by atoms with van der Waals surface area (Å²) in [6, 6.07) is 0.449. The van der Waals surface area contributed by atoms with Crippen LogP contribution in [0.5, 0.6) is 0 Å². The first kappa shape index (κ1) is 16.8. The van der Waals surface area contributed by atoms with Gasteiger partial charge in [-0.05, 0) is 70.5 Å². The fourth-order valence-electron chi connectivity index (χ4n) is 4.29. The number of rotatable bonds is 5. The van der Waals surface area contributed by atoms with Gasteiger partial charge in [0.1, 0.15) is 5.54 Å². The van der Waals surface area contributed by atoms with Crippen LogP contribution < -0.4 is 5.32 Å². The molecule has 1 heterocycles. The van der Waals surface area contributed by atoms with Crippen molar-refractivity contribution >= 4 is 5.97 Å². The molecule has 2 N–H and O–H groups in total. The van der Waals surface area contributed by atoms with Crippen LogP contribution in [0.4, 0.5) is 0 Å². The Balaban J connectivity index is 2.01. The first-order chi connectivity index (χ1) is 10.1. The van der Waals surface area contributed by atoms with Crippen LogP contribution in [0.15, 0.2) is 0 Å². The fourth-order valence-corrected chi connectivity index (χ4v) is 4.29. The maximum Gasteiger partial charge on any atom is 0.323 e. The van der Waals surface area contributed by atoms with Crippen LogP contribution in [0.1, 0.15) is 65.2 Å². The number of carboxylic acid groups (broad SMARTS) is 1. The number of carboxylic acids is 1. The molecule has 1 aliphatic heterocycles. The predicted molar refractivity (Wildman–Crippen MR) is 85.5 cm³/mol. The van der Waals surface area contributed by atoms with Gasteiger partial charge in [-0.3, -0.25) is 4.79 Å². The van der Waals surface area contributed by atoms with Crippen LogP contribution >= 0.6 is 0 Å². The molecule has 4 nitrogen and oxygen atoms in total. The van der Waals surface area contributed by atoms with E-state index in [0.29, 0.717) is 6.04 Å². The summed E-state index contributed by atoms with van der Waals surface area (Å²) in [6.07, 6.45) is 8.93. The van der Waals surface area contributed by atoms with Gasteiger partial charge in [-0.15, -0.1) is 0 Å². The van der Waals surface area contributed by atoms with Crippen molar-refractivity contribution in [2.24, 2.45) is 5.92 Å². The monoisotopic (exact) mass is 296 g/mol. The van der Waals surface area contributed by atoms with E-state index in [0.717, 1.165) is 51.2 Å². The Morgan fingerprint density at radius 2 is 2.05 bits per heavy atom. The van der Waals surface area contributed by atoms with Crippen LogP contribution in [0, 0.1) is 5.92 Å². The van der Waals surface area contributed by atoms with E-state index in [1.165, 1.54) is 25.7 Å². The van der Waals surface area contributed by atoms with Crippen LogP contribution in [-0.4, -0.2) is 47.2 Å². The maximum atomic E-state index is 11.8. The first-order valence-electron chi connectivity index (χ1n) is 8.83. The quantitative estimate of drug-likeness (QED) is 0.819. The molecular formula is C17H32N2O2. The van der Waals surface area contributed by atoms with Crippen LogP contribution in [0.2, 0.25) is 0 Å². The Bertz CT molecular complexity index is 344. The van der Waals surface area contributed by atoms with Crippen molar-refractivity contribution < 1.29 is 9.90 Å². The summed E-state index contributed by atoms with van der Waals surface area (Å²) in [7, 11) is 0. The lowest BCUT2D eigenvalue weighted by Crippen LogP contribution is -2.58. The van der Waals surface area contributed by atoms with E-state index >= 15 is 0 Å². The summed E-state index contributed by atoms with van der Waals surface area (Å²) in [5.74, 6) is 0.215. The minimum Gasteiger partial charge on any atom is -0.480 e. The van der Waals surface area contributed by atoms with Crippen molar-refractivity contribution in [2.75, 3.05) is 19.6 Å². The average Bonchev–Trinajstić information content (AvgIpc) is 2.73. The second-order valence-electron chi connectivity index (χ2n) is 6.91. The number of hydrogen-bond acceptors (Lipinski definition) is 3. The number of likely N-dealkylation sites (tertiary alicyclic amines) is 1. The van der Waals surface area contributed by atoms with Crippen molar-refractivity contribution in [3.63, 3.8) is 0 Å². The molecule has 122 valence electrons. The van der Waals surface area contributed by atoms with Crippen molar-refractivity contribution in [3.05, 3.63) is 0 Å². The number of carbonyl (C=O) groups is 1. The highest BCUT2D eigenvalue weighted by molar-refractivity contribution is 5.79. The first-order valence-corrected chi connectivity index (χ1v) is 8.83. The van der Waals surface area contributed by atoms with E-state index in [1.54, 1.807) is 0 Å². The van der Waals surface area contributed by atoms with E-state index in [-0.39, 0.29) is 0 Å². The van der Waals surface area contributed by atoms with Gasteiger partial charge >= 0.3 is 5.97 Å². The average molecular weight is 296 g/mol. The van der Waals surface area contributed by atoms with Crippen molar-refractivity contribution in [1.82, 2.24) is 10.2 Å². The zero-order valence-electron chi connectivity index (χ0n) is 13.7. The van der Waals surface area contributed by atoms with Crippen LogP contribution in [0.3, 0.4) is 0 Å². The Hall–Kier alpha value is -0.610. The SMILES string of the molecule is CCNC1(C(=O)O)CCCC(N2CCCC(CC)CC2)C1. The minimum atomic E-state index is -0.686. The fraction of sp³-hybridized carbons (Fsp3) is 0.941. The number of likely N-dealkylation sites (N-methyl/N-ethyl adjacent to an activating group) is 1. The Morgan fingerprint density at radius 1 is 1.24 bits per heavy atom. The van der Waals surface area contributed by atoms with Crippen LogP contribution in [0.25, 0.3) is 0 Å². The zero-order chi connectivity index (χ0) is 15.3. The number of nitrogens with zero attached hydrogens (tertiary/aromatic N) is 1. The lowest BCUT2D eigenvalue weighted by molar-refractivity contribution is -0.147. The predicted octanol–water partition coefficient (Wildman–Crippen LogP) is 2.87. The second kappa shape index (κ2) is 7.59. The van der Waals surface area contributed by atoms with Gasteiger partial charge in [-0.25, -0.2) is 0 Å². The molecular weight excluding hydrogens is 264 g/mol. The molecule has 0 radical (unpaired) electrons. The number of aliphatic carboxylic acids is 1. The Morgan fingerprint density at radius 3 is 2.71 bits per heavy atom. The molecule has 3 atom stereocenters. The summed E-state index contributed by atoms with van der Waals surface area (Å²) in [5, 5.41) is 13.0. The second-order valence-corrected chi connectivity index (χ2v) is 6.91. The van der Waals surface area contributed by atoms with Crippen molar-refractivity contribution in [1.29, 1.82) is 0 Å². The number of nitrogens with one attached hydrogen (secondary N) is 1. The Kier molecular flexibility index (Phi) is 6.06. The van der Waals surface area contributed by atoms with E-state index in [1.807, 2.05) is 6.92 Å². The number of hydrogen-bond donors (Lipinski definition) is 2. The summed E-state index contributed by atoms with van der Waals surface area (Å²) in [6.45, 7) is 7.35. The van der Waals surface area contributed by atoms with Gasteiger partial charge in [0.25, 0.3) is 0 Å². The smallest absolute Gasteiger partial charge is 0.323 e. The van der Waals surface area contributed by atoms with E-state index in [9.17, 15) is 9.90 Å². The summed E-state index contributed by atoms with van der Waals surface area (Å²) in [5.41, 5.74) is -0.686. The van der Waals surface area contributed by atoms with Gasteiger partial charge < -0.3 is 15.3 Å². The standard InChI is InChI=1S/C17H32N2O2/c1-3-14-7-6-11-19(12-9-14)15-8-5-10-17(13-15,16(20)21)18-4-2/h14-15,18H,3-13H2,1-2H3,(H,20,21). The third-order valence-corrected chi connectivity index (χ3v) is 5.63. The molecule has 0 aromatic carbocycles. The van der Waals surface area contributed by atoms with E-state index in [4.69, 9.17) is 0 Å². The van der Waals surface area contributed by atoms with E-state index in [2.05, 4.69) is 17.1 Å². The van der Waals surface area contributed by atoms with E-state index < -0.39 is 11.5 Å². The summed E-state index contributed by atoms with van der Waals surface area (Å²) < 4.78 is 0. The highest BCUT2D eigenvalue weighted by Crippen LogP contribution is 2.33. The van der Waals surface area contributed by atoms with Crippen molar-refractivity contribution in [2.45, 2.75) is 76.8 Å². The molecule has 2 rings (SSSR count). The molecule has 1 aliphatic carbocycles. The van der Waals surface area contributed by atoms with Gasteiger partial charge in [0.05, 0.1) is 0 Å². The molecule has 0 aromatic rings. The lowest BCUT2D eigenvalue weighted by atomic mass is 9.78. The molecule has 0 spiro atoms. The molecule has 0 aromatic heterocycles. The zero-order valence-corrected chi connectivity index (χ0v) is 13.7. The maximum absolute atomic E-state index is 11.8. The minimum absolute atomic E-state index is 0.449. The lowest BCUT2D eigenvalue weighted by Gasteiger charge is -2.42. The van der Waals surface area contributed by atoms with Gasteiger partial charge in [-0.1, -0.05) is 20.3 Å².